The molecule has 0 aliphatic carbocycles. The van der Waals surface area contributed by atoms with E-state index in [4.69, 9.17) is 9.47 Å². The summed E-state index contributed by atoms with van der Waals surface area (Å²) in [4.78, 5) is 35.5. The smallest absolute Gasteiger partial charge is 0.347 e. The molecule has 148 valence electrons. The number of imide groups is 1. The van der Waals surface area contributed by atoms with Crippen molar-refractivity contribution < 1.29 is 28.2 Å². The van der Waals surface area contributed by atoms with E-state index in [1.165, 1.54) is 31.2 Å². The molecule has 0 saturated heterocycles. The summed E-state index contributed by atoms with van der Waals surface area (Å²) in [6, 6.07) is 9.82. The molecule has 2 aromatic carbocycles. The first-order chi connectivity index (χ1) is 13.2. The highest BCUT2D eigenvalue weighted by atomic mass is 19.1. The summed E-state index contributed by atoms with van der Waals surface area (Å²) in [5.41, 5.74) is 2.46. The van der Waals surface area contributed by atoms with Crippen molar-refractivity contribution in [1.29, 1.82) is 0 Å². The Labute approximate surface area is 161 Å². The highest BCUT2D eigenvalue weighted by Crippen LogP contribution is 2.16. The number of anilines is 1. The molecule has 28 heavy (non-hydrogen) atoms. The summed E-state index contributed by atoms with van der Waals surface area (Å²) in [5, 5.41) is 4.62. The number of carbonyl (C=O) groups is 3. The highest BCUT2D eigenvalue weighted by Gasteiger charge is 2.18. The maximum Gasteiger partial charge on any atom is 0.347 e. The third kappa shape index (κ3) is 6.39. The fourth-order valence-corrected chi connectivity index (χ4v) is 2.29. The molecule has 2 N–H and O–H groups in total. The van der Waals surface area contributed by atoms with E-state index in [0.29, 0.717) is 5.69 Å². The number of amides is 3. The summed E-state index contributed by atoms with van der Waals surface area (Å²) in [6.45, 7) is 4.54. The van der Waals surface area contributed by atoms with Crippen molar-refractivity contribution in [2.75, 3.05) is 11.9 Å². The zero-order valence-corrected chi connectivity index (χ0v) is 15.7. The number of aryl methyl sites for hydroxylation is 2. The van der Waals surface area contributed by atoms with Crippen LogP contribution in [0.5, 0.6) is 5.75 Å². The van der Waals surface area contributed by atoms with Crippen molar-refractivity contribution in [3.8, 4) is 5.75 Å². The summed E-state index contributed by atoms with van der Waals surface area (Å²) >= 11 is 0. The summed E-state index contributed by atoms with van der Waals surface area (Å²) in [7, 11) is 0. The van der Waals surface area contributed by atoms with Crippen molar-refractivity contribution in [2.45, 2.75) is 26.9 Å². The van der Waals surface area contributed by atoms with Crippen molar-refractivity contribution in [2.24, 2.45) is 0 Å². The van der Waals surface area contributed by atoms with Crippen molar-refractivity contribution in [1.82, 2.24) is 5.32 Å². The standard InChI is InChI=1S/C20H21FN2O5/c1-12-4-9-17(13(2)10-12)22-20(26)23-18(24)11-27-19(25)14(3)28-16-7-5-15(21)6-8-16/h4-10,14H,11H2,1-3H3,(H2,22,23,24,26)/t14-/m0/s1. The van der Waals surface area contributed by atoms with Crippen LogP contribution < -0.4 is 15.4 Å². The van der Waals surface area contributed by atoms with Gasteiger partial charge >= 0.3 is 12.0 Å². The molecule has 0 spiro atoms. The maximum absolute atomic E-state index is 12.8. The number of hydrogen-bond acceptors (Lipinski definition) is 5. The molecule has 0 fully saturated rings. The Hall–Kier alpha value is -3.42. The predicted octanol–water partition coefficient (Wildman–Crippen LogP) is 3.10. The van der Waals surface area contributed by atoms with Gasteiger partial charge in [0, 0.05) is 5.69 Å². The first-order valence-corrected chi connectivity index (χ1v) is 8.51. The lowest BCUT2D eigenvalue weighted by molar-refractivity contribution is -0.154. The Bertz CT molecular complexity index is 867. The van der Waals surface area contributed by atoms with E-state index in [9.17, 15) is 18.8 Å². The molecule has 0 aromatic heterocycles. The van der Waals surface area contributed by atoms with Gasteiger partial charge in [-0.1, -0.05) is 17.7 Å². The minimum Gasteiger partial charge on any atom is -0.479 e. The predicted molar refractivity (Wildman–Crippen MR) is 101 cm³/mol. The molecule has 1 atom stereocenters. The molecule has 2 aromatic rings. The largest absolute Gasteiger partial charge is 0.479 e. The van der Waals surface area contributed by atoms with E-state index in [1.807, 2.05) is 26.0 Å². The van der Waals surface area contributed by atoms with Crippen LogP contribution in [0, 0.1) is 19.7 Å². The van der Waals surface area contributed by atoms with Crippen LogP contribution in [-0.2, 0) is 14.3 Å². The van der Waals surface area contributed by atoms with Gasteiger partial charge in [-0.25, -0.2) is 14.0 Å². The van der Waals surface area contributed by atoms with Gasteiger partial charge < -0.3 is 14.8 Å². The molecule has 0 aliphatic rings. The molecular weight excluding hydrogens is 367 g/mol. The van der Waals surface area contributed by atoms with Gasteiger partial charge in [-0.15, -0.1) is 0 Å². The molecule has 2 rings (SSSR count). The van der Waals surface area contributed by atoms with E-state index in [1.54, 1.807) is 6.07 Å². The Kier molecular flexibility index (Phi) is 7.08. The number of halogens is 1. The number of benzene rings is 2. The van der Waals surface area contributed by atoms with Crippen molar-refractivity contribution >= 4 is 23.6 Å². The Morgan fingerprint density at radius 2 is 1.75 bits per heavy atom. The van der Waals surface area contributed by atoms with E-state index >= 15 is 0 Å². The zero-order valence-electron chi connectivity index (χ0n) is 15.7. The van der Waals surface area contributed by atoms with Gasteiger partial charge in [0.2, 0.25) is 0 Å². The molecule has 0 bridgehead atoms. The molecule has 7 nitrogen and oxygen atoms in total. The van der Waals surface area contributed by atoms with Crippen LogP contribution in [0.2, 0.25) is 0 Å². The lowest BCUT2D eigenvalue weighted by atomic mass is 10.1. The van der Waals surface area contributed by atoms with Crippen LogP contribution >= 0.6 is 0 Å². The number of rotatable bonds is 6. The van der Waals surface area contributed by atoms with Crippen LogP contribution in [0.1, 0.15) is 18.1 Å². The Balaban J connectivity index is 1.76. The van der Waals surface area contributed by atoms with Crippen LogP contribution in [0.3, 0.4) is 0 Å². The van der Waals surface area contributed by atoms with Crippen molar-refractivity contribution in [3.63, 3.8) is 0 Å². The Morgan fingerprint density at radius 3 is 2.39 bits per heavy atom. The lowest BCUT2D eigenvalue weighted by Gasteiger charge is -2.14. The summed E-state index contributed by atoms with van der Waals surface area (Å²) in [6.07, 6.45) is -1.01. The first-order valence-electron chi connectivity index (χ1n) is 8.51. The Morgan fingerprint density at radius 1 is 1.07 bits per heavy atom. The van der Waals surface area contributed by atoms with Crippen LogP contribution in [0.15, 0.2) is 42.5 Å². The second-order valence-electron chi connectivity index (χ2n) is 6.14. The van der Waals surface area contributed by atoms with Crippen LogP contribution in [0.25, 0.3) is 0 Å². The molecule has 0 unspecified atom stereocenters. The van der Waals surface area contributed by atoms with E-state index in [2.05, 4.69) is 10.6 Å². The quantitative estimate of drug-likeness (QED) is 0.742. The number of urea groups is 1. The van der Waals surface area contributed by atoms with E-state index in [0.717, 1.165) is 11.1 Å². The second-order valence-corrected chi connectivity index (χ2v) is 6.14. The highest BCUT2D eigenvalue weighted by molar-refractivity contribution is 6.02. The van der Waals surface area contributed by atoms with Gasteiger partial charge in [0.1, 0.15) is 11.6 Å². The number of nitrogens with one attached hydrogen (secondary N) is 2. The minimum absolute atomic E-state index is 0.281. The molecule has 0 aliphatic heterocycles. The summed E-state index contributed by atoms with van der Waals surface area (Å²) in [5.74, 6) is -1.74. The van der Waals surface area contributed by atoms with Gasteiger partial charge in [0.05, 0.1) is 0 Å². The molecule has 8 heteroatoms. The van der Waals surface area contributed by atoms with E-state index in [-0.39, 0.29) is 5.75 Å². The van der Waals surface area contributed by atoms with Gasteiger partial charge in [-0.05, 0) is 56.7 Å². The SMILES string of the molecule is Cc1ccc(NC(=O)NC(=O)COC(=O)[C@H](C)Oc2ccc(F)cc2)c(C)c1. The van der Waals surface area contributed by atoms with Gasteiger partial charge in [-0.3, -0.25) is 10.1 Å². The van der Waals surface area contributed by atoms with Gasteiger partial charge in [-0.2, -0.15) is 0 Å². The monoisotopic (exact) mass is 388 g/mol. The van der Waals surface area contributed by atoms with Crippen molar-refractivity contribution in [3.05, 3.63) is 59.4 Å². The van der Waals surface area contributed by atoms with Gasteiger partial charge in [0.15, 0.2) is 12.7 Å². The van der Waals surface area contributed by atoms with Crippen LogP contribution in [-0.4, -0.2) is 30.6 Å². The van der Waals surface area contributed by atoms with Crippen LogP contribution in [0.4, 0.5) is 14.9 Å². The van der Waals surface area contributed by atoms with Gasteiger partial charge in [0.25, 0.3) is 5.91 Å². The first kappa shape index (κ1) is 20.9. The maximum atomic E-state index is 12.8. The molecule has 0 heterocycles. The zero-order chi connectivity index (χ0) is 20.7. The normalized spacial score (nSPS) is 11.3. The fourth-order valence-electron chi connectivity index (χ4n) is 2.29. The number of hydrogen-bond donors (Lipinski definition) is 2. The molecule has 3 amide bonds. The third-order valence-electron chi connectivity index (χ3n) is 3.69. The second kappa shape index (κ2) is 9.50. The average Bonchev–Trinajstić information content (AvgIpc) is 2.64. The lowest BCUT2D eigenvalue weighted by Crippen LogP contribution is -2.38. The number of ether oxygens (including phenoxy) is 2. The fraction of sp³-hybridized carbons (Fsp3) is 0.250. The number of carbonyl (C=O) groups excluding carboxylic acids is 3. The average molecular weight is 388 g/mol. The molecule has 0 saturated carbocycles. The molecular formula is C20H21FN2O5. The topological polar surface area (TPSA) is 93.7 Å². The minimum atomic E-state index is -1.01. The molecule has 0 radical (unpaired) electrons. The van der Waals surface area contributed by atoms with E-state index < -0.39 is 36.4 Å². The summed E-state index contributed by atoms with van der Waals surface area (Å²) < 4.78 is 23.0. The third-order valence-corrected chi connectivity index (χ3v) is 3.69. The number of esters is 1.